The Morgan fingerprint density at radius 3 is 2.30 bits per heavy atom. The third-order valence-electron chi connectivity index (χ3n) is 2.40. The van der Waals surface area contributed by atoms with Crippen molar-refractivity contribution in [2.24, 2.45) is 11.3 Å². The summed E-state index contributed by atoms with van der Waals surface area (Å²) in [7, 11) is 0. The van der Waals surface area contributed by atoms with Crippen molar-refractivity contribution in [1.82, 2.24) is 0 Å². The van der Waals surface area contributed by atoms with Crippen molar-refractivity contribution in [3.05, 3.63) is 19.1 Å². The van der Waals surface area contributed by atoms with Crippen molar-refractivity contribution in [3.8, 4) is 0 Å². The summed E-state index contributed by atoms with van der Waals surface area (Å²) < 4.78 is 0. The molecule has 0 spiro atoms. The molecule has 0 aromatic heterocycles. The summed E-state index contributed by atoms with van der Waals surface area (Å²) >= 11 is 0. The summed E-state index contributed by atoms with van der Waals surface area (Å²) in [6.07, 6.45) is 8.67. The van der Waals surface area contributed by atoms with E-state index in [1.165, 1.54) is 19.3 Å². The van der Waals surface area contributed by atoms with E-state index >= 15 is 0 Å². The quantitative estimate of drug-likeness (QED) is 0.241. The second-order valence-electron chi connectivity index (χ2n) is 3.22. The van der Waals surface area contributed by atoms with Gasteiger partial charge in [-0.25, -0.2) is 0 Å². The van der Waals surface area contributed by atoms with Crippen molar-refractivity contribution in [2.45, 2.75) is 19.3 Å². The molecule has 1 fully saturated rings. The van der Waals surface area contributed by atoms with Gasteiger partial charge in [-0.1, -0.05) is 18.9 Å². The average molecular weight is 167 g/mol. The second kappa shape index (κ2) is 3.46. The predicted molar refractivity (Wildman–Crippen MR) is 40.0 cm³/mol. The van der Waals surface area contributed by atoms with Crippen LogP contribution in [0.5, 0.6) is 0 Å². The van der Waals surface area contributed by atoms with E-state index in [1.807, 2.05) is 0 Å². The molecule has 0 aromatic carbocycles. The Kier molecular flexibility index (Phi) is 3.74. The van der Waals surface area contributed by atoms with E-state index in [0.29, 0.717) is 5.41 Å². The molecule has 0 amide bonds. The zero-order chi connectivity index (χ0) is 5.61. The van der Waals surface area contributed by atoms with Gasteiger partial charge in [-0.05, 0) is 12.3 Å². The van der Waals surface area contributed by atoms with Crippen LogP contribution in [0, 0.1) is 18.3 Å². The van der Waals surface area contributed by atoms with E-state index in [2.05, 4.69) is 19.1 Å². The molecule has 2 atom stereocenters. The fourth-order valence-corrected chi connectivity index (χ4v) is 1.85. The van der Waals surface area contributed by atoms with Crippen LogP contribution in [0.1, 0.15) is 19.3 Å². The molecular weight excluding hydrogens is 156 g/mol. The largest absolute Gasteiger partial charge is 2.00 e. The topological polar surface area (TPSA) is 0 Å². The maximum Gasteiger partial charge on any atom is 2.00 e. The Labute approximate surface area is 85.0 Å². The van der Waals surface area contributed by atoms with Crippen molar-refractivity contribution in [2.75, 3.05) is 0 Å². The van der Waals surface area contributed by atoms with Crippen molar-refractivity contribution in [1.29, 1.82) is 0 Å². The molecule has 0 heterocycles. The number of allylic oxidation sites excluding steroid dienone is 2. The number of hydrogen-bond acceptors (Lipinski definition) is 0. The van der Waals surface area contributed by atoms with Gasteiger partial charge in [-0.15, -0.1) is 11.5 Å². The Hall–Kier alpha value is 0.796. The third-order valence-corrected chi connectivity index (χ3v) is 2.40. The van der Waals surface area contributed by atoms with Gasteiger partial charge < -0.3 is 19.3 Å². The summed E-state index contributed by atoms with van der Waals surface area (Å²) in [4.78, 5) is 0. The van der Waals surface area contributed by atoms with Crippen LogP contribution in [0.2, 0.25) is 0 Å². The SMILES string of the molecule is [CH2-]C12C=CC(CC1)C2.[Cl-].[Mg+2]. The molecule has 0 nitrogen and oxygen atoms in total. The monoisotopic (exact) mass is 166 g/mol. The van der Waals surface area contributed by atoms with Crippen LogP contribution in [0.4, 0.5) is 0 Å². The Bertz CT molecular complexity index is 144. The molecule has 2 aliphatic carbocycles. The van der Waals surface area contributed by atoms with Gasteiger partial charge in [-0.2, -0.15) is 0 Å². The smallest absolute Gasteiger partial charge is 1.00 e. The molecule has 2 heteroatoms. The molecule has 0 radical (unpaired) electrons. The number of fused-ring (bicyclic) bond motifs is 2. The minimum absolute atomic E-state index is 0. The summed E-state index contributed by atoms with van der Waals surface area (Å²) in [6, 6.07) is 0. The third kappa shape index (κ3) is 1.69. The Balaban J connectivity index is 0.000000405. The van der Waals surface area contributed by atoms with E-state index in [-0.39, 0.29) is 35.5 Å². The minimum atomic E-state index is 0. The first-order valence-corrected chi connectivity index (χ1v) is 3.33. The maximum absolute atomic E-state index is 4.14. The van der Waals surface area contributed by atoms with Crippen molar-refractivity contribution in [3.63, 3.8) is 0 Å². The summed E-state index contributed by atoms with van der Waals surface area (Å²) in [5.41, 5.74) is 0.380. The molecule has 52 valence electrons. The molecule has 10 heavy (non-hydrogen) atoms. The average Bonchev–Trinajstić information content (AvgIpc) is 2.21. The van der Waals surface area contributed by atoms with Gasteiger partial charge in [0.2, 0.25) is 0 Å². The number of hydrogen-bond donors (Lipinski definition) is 0. The number of halogens is 1. The van der Waals surface area contributed by atoms with E-state index in [0.717, 1.165) is 5.92 Å². The predicted octanol–water partition coefficient (Wildman–Crippen LogP) is -1.20. The molecule has 1 saturated carbocycles. The summed E-state index contributed by atoms with van der Waals surface area (Å²) in [6.45, 7) is 4.14. The van der Waals surface area contributed by atoms with Crippen molar-refractivity contribution < 1.29 is 12.4 Å². The normalized spacial score (nSPS) is 40.7. The van der Waals surface area contributed by atoms with E-state index in [4.69, 9.17) is 0 Å². The summed E-state index contributed by atoms with van der Waals surface area (Å²) in [5.74, 6) is 0.896. The molecule has 0 aromatic rings. The Morgan fingerprint density at radius 1 is 1.50 bits per heavy atom. The molecule has 2 unspecified atom stereocenters. The van der Waals surface area contributed by atoms with Gasteiger partial charge in [0.05, 0.1) is 0 Å². The van der Waals surface area contributed by atoms with E-state index in [9.17, 15) is 0 Å². The van der Waals surface area contributed by atoms with Gasteiger partial charge in [0, 0.05) is 0 Å². The molecular formula is C8H11ClMg. The van der Waals surface area contributed by atoms with Gasteiger partial charge in [0.25, 0.3) is 0 Å². The van der Waals surface area contributed by atoms with Gasteiger partial charge in [-0.3, -0.25) is 0 Å². The molecule has 2 rings (SSSR count). The fraction of sp³-hybridized carbons (Fsp3) is 0.625. The first-order valence-electron chi connectivity index (χ1n) is 3.33. The van der Waals surface area contributed by atoms with Gasteiger partial charge in [0.1, 0.15) is 0 Å². The van der Waals surface area contributed by atoms with Crippen LogP contribution in [0.3, 0.4) is 0 Å². The van der Waals surface area contributed by atoms with Crippen LogP contribution in [0.15, 0.2) is 12.2 Å². The van der Waals surface area contributed by atoms with Crippen LogP contribution in [-0.4, -0.2) is 23.1 Å². The van der Waals surface area contributed by atoms with Crippen molar-refractivity contribution >= 4 is 23.1 Å². The van der Waals surface area contributed by atoms with Crippen LogP contribution < -0.4 is 12.4 Å². The second-order valence-corrected chi connectivity index (χ2v) is 3.22. The van der Waals surface area contributed by atoms with Crippen LogP contribution in [0.25, 0.3) is 0 Å². The standard InChI is InChI=1S/C8H11.ClH.Mg/c1-8-4-2-7(6-8)3-5-8;;/h2,4,7H,1,3,5-6H2;1H;/q-1;;+2/p-1. The van der Waals surface area contributed by atoms with Crippen LogP contribution >= 0.6 is 0 Å². The van der Waals surface area contributed by atoms with Gasteiger partial charge >= 0.3 is 23.1 Å². The molecule has 0 saturated heterocycles. The molecule has 0 aliphatic heterocycles. The zero-order valence-electron chi connectivity index (χ0n) is 6.15. The van der Waals surface area contributed by atoms with Gasteiger partial charge in [0.15, 0.2) is 0 Å². The summed E-state index contributed by atoms with van der Waals surface area (Å²) in [5, 5.41) is 0. The molecule has 0 N–H and O–H groups in total. The maximum atomic E-state index is 4.14. The van der Waals surface area contributed by atoms with E-state index in [1.54, 1.807) is 0 Å². The Morgan fingerprint density at radius 2 is 2.20 bits per heavy atom. The first kappa shape index (κ1) is 10.8. The number of rotatable bonds is 0. The first-order chi connectivity index (χ1) is 3.79. The van der Waals surface area contributed by atoms with E-state index < -0.39 is 0 Å². The minimum Gasteiger partial charge on any atom is -1.00 e. The fourth-order valence-electron chi connectivity index (χ4n) is 1.85. The molecule has 2 aliphatic rings. The zero-order valence-corrected chi connectivity index (χ0v) is 8.32. The van der Waals surface area contributed by atoms with Crippen LogP contribution in [-0.2, 0) is 0 Å². The molecule has 2 bridgehead atoms.